The quantitative estimate of drug-likeness (QED) is 0.786. The maximum absolute atomic E-state index is 12.5. The van der Waals surface area contributed by atoms with Crippen LogP contribution >= 0.6 is 0 Å². The maximum Gasteiger partial charge on any atom is 0.501 e. The van der Waals surface area contributed by atoms with Gasteiger partial charge in [-0.25, -0.2) is 8.42 Å². The molecule has 2 saturated heterocycles. The van der Waals surface area contributed by atoms with Crippen LogP contribution in [0.1, 0.15) is 23.2 Å². The number of nitrogens with zero attached hydrogens (tertiary/aromatic N) is 1. The number of ether oxygens (including phenoxy) is 2. The van der Waals surface area contributed by atoms with Crippen LogP contribution in [-0.2, 0) is 19.3 Å². The molecule has 0 saturated carbocycles. The van der Waals surface area contributed by atoms with Crippen molar-refractivity contribution < 1.29 is 35.9 Å². The van der Waals surface area contributed by atoms with Gasteiger partial charge in [0, 0.05) is 31.5 Å². The van der Waals surface area contributed by atoms with Gasteiger partial charge >= 0.3 is 5.51 Å². The van der Waals surface area contributed by atoms with Crippen LogP contribution in [0.25, 0.3) is 0 Å². The molecule has 1 spiro atoms. The molecule has 0 radical (unpaired) electrons. The summed E-state index contributed by atoms with van der Waals surface area (Å²) in [5, 5.41) is 0. The molecular weight excluding hydrogens is 363 g/mol. The van der Waals surface area contributed by atoms with Gasteiger partial charge in [0.05, 0.1) is 18.1 Å². The van der Waals surface area contributed by atoms with E-state index in [-0.39, 0.29) is 11.5 Å². The van der Waals surface area contributed by atoms with E-state index in [9.17, 15) is 26.4 Å². The first-order chi connectivity index (χ1) is 11.6. The predicted molar refractivity (Wildman–Crippen MR) is 79.5 cm³/mol. The molecule has 2 aliphatic rings. The molecule has 25 heavy (non-hydrogen) atoms. The average molecular weight is 379 g/mol. The van der Waals surface area contributed by atoms with Gasteiger partial charge < -0.3 is 14.4 Å². The van der Waals surface area contributed by atoms with Crippen molar-refractivity contribution in [1.82, 2.24) is 4.90 Å². The molecule has 0 bridgehead atoms. The van der Waals surface area contributed by atoms with Gasteiger partial charge in [0.1, 0.15) is 0 Å². The highest BCUT2D eigenvalue weighted by Crippen LogP contribution is 2.32. The number of halogens is 3. The number of hydrogen-bond donors (Lipinski definition) is 0. The van der Waals surface area contributed by atoms with Crippen molar-refractivity contribution >= 4 is 15.7 Å². The third-order valence-electron chi connectivity index (χ3n) is 4.34. The summed E-state index contributed by atoms with van der Waals surface area (Å²) >= 11 is 0. The fourth-order valence-corrected chi connectivity index (χ4v) is 3.69. The van der Waals surface area contributed by atoms with Crippen LogP contribution in [0.15, 0.2) is 29.2 Å². The summed E-state index contributed by atoms with van der Waals surface area (Å²) in [7, 11) is -5.42. The largest absolute Gasteiger partial charge is 0.501 e. The maximum atomic E-state index is 12.5. The number of rotatable bonds is 2. The number of carbonyl (C=O) groups excluding carboxylic acids is 1. The van der Waals surface area contributed by atoms with E-state index in [1.54, 1.807) is 4.90 Å². The van der Waals surface area contributed by atoms with Crippen LogP contribution in [0.4, 0.5) is 13.2 Å². The Kier molecular flexibility index (Phi) is 4.54. The van der Waals surface area contributed by atoms with Gasteiger partial charge in [-0.2, -0.15) is 13.2 Å². The van der Waals surface area contributed by atoms with Gasteiger partial charge in [0.15, 0.2) is 5.79 Å². The molecule has 2 fully saturated rings. The Morgan fingerprint density at radius 2 is 1.56 bits per heavy atom. The van der Waals surface area contributed by atoms with E-state index in [0.29, 0.717) is 39.1 Å². The molecule has 2 aliphatic heterocycles. The van der Waals surface area contributed by atoms with Crippen LogP contribution in [0, 0.1) is 0 Å². The molecule has 1 aromatic carbocycles. The highest BCUT2D eigenvalue weighted by molar-refractivity contribution is 7.92. The Labute approximate surface area is 142 Å². The number of sulfone groups is 1. The molecule has 0 aromatic heterocycles. The van der Waals surface area contributed by atoms with Crippen molar-refractivity contribution in [2.45, 2.75) is 29.0 Å². The van der Waals surface area contributed by atoms with Gasteiger partial charge in [0.2, 0.25) is 0 Å². The second-order valence-electron chi connectivity index (χ2n) is 5.87. The fourth-order valence-electron chi connectivity index (χ4n) is 2.93. The van der Waals surface area contributed by atoms with E-state index in [1.807, 2.05) is 0 Å². The van der Waals surface area contributed by atoms with E-state index < -0.39 is 26.0 Å². The van der Waals surface area contributed by atoms with Crippen LogP contribution in [0.5, 0.6) is 0 Å². The second-order valence-corrected chi connectivity index (χ2v) is 7.81. The Morgan fingerprint density at radius 1 is 1.04 bits per heavy atom. The molecular formula is C15H16F3NO5S. The van der Waals surface area contributed by atoms with Gasteiger partial charge in [-0.3, -0.25) is 4.79 Å². The minimum Gasteiger partial charge on any atom is -0.347 e. The molecule has 2 heterocycles. The molecule has 6 nitrogen and oxygen atoms in total. The first-order valence-electron chi connectivity index (χ1n) is 7.63. The summed E-state index contributed by atoms with van der Waals surface area (Å²) < 4.78 is 71.4. The molecule has 0 aliphatic carbocycles. The minimum absolute atomic E-state index is 0.130. The number of carbonyl (C=O) groups is 1. The number of alkyl halides is 3. The fraction of sp³-hybridized carbons (Fsp3) is 0.533. The molecule has 0 unspecified atom stereocenters. The number of likely N-dealkylation sites (tertiary alicyclic amines) is 1. The van der Waals surface area contributed by atoms with E-state index >= 15 is 0 Å². The van der Waals surface area contributed by atoms with E-state index in [2.05, 4.69) is 0 Å². The summed E-state index contributed by atoms with van der Waals surface area (Å²) in [6, 6.07) is 3.77. The van der Waals surface area contributed by atoms with Crippen LogP contribution in [0.3, 0.4) is 0 Å². The summed E-state index contributed by atoms with van der Waals surface area (Å²) in [5.74, 6) is -1.01. The lowest BCUT2D eigenvalue weighted by Gasteiger charge is -2.37. The standard InChI is InChI=1S/C15H16F3NO5S/c16-15(17,18)25(21,22)12-3-1-11(2-4-12)13(20)19-7-5-14(6-8-19)23-9-10-24-14/h1-4H,5-10H2. The van der Waals surface area contributed by atoms with Gasteiger partial charge in [-0.05, 0) is 24.3 Å². The Morgan fingerprint density at radius 3 is 2.04 bits per heavy atom. The topological polar surface area (TPSA) is 72.9 Å². The lowest BCUT2D eigenvalue weighted by molar-refractivity contribution is -0.181. The molecule has 0 N–H and O–H groups in total. The smallest absolute Gasteiger partial charge is 0.347 e. The first-order valence-corrected chi connectivity index (χ1v) is 9.12. The van der Waals surface area contributed by atoms with Crippen LogP contribution in [-0.4, -0.2) is 56.8 Å². The third-order valence-corrected chi connectivity index (χ3v) is 5.84. The molecule has 10 heteroatoms. The average Bonchev–Trinajstić information content (AvgIpc) is 3.02. The molecule has 138 valence electrons. The monoisotopic (exact) mass is 379 g/mol. The zero-order chi connectivity index (χ0) is 18.3. The van der Waals surface area contributed by atoms with Crippen LogP contribution < -0.4 is 0 Å². The number of piperidine rings is 1. The normalized spacial score (nSPS) is 20.8. The summed E-state index contributed by atoms with van der Waals surface area (Å²) in [4.78, 5) is 13.1. The summed E-state index contributed by atoms with van der Waals surface area (Å²) in [6.45, 7) is 1.81. The lowest BCUT2D eigenvalue weighted by atomic mass is 10.0. The van der Waals surface area contributed by atoms with Crippen LogP contribution in [0.2, 0.25) is 0 Å². The second kappa shape index (κ2) is 6.26. The summed E-state index contributed by atoms with van der Waals surface area (Å²) in [5.41, 5.74) is -5.24. The SMILES string of the molecule is O=C(c1ccc(S(=O)(=O)C(F)(F)F)cc1)N1CCC2(CC1)OCCO2. The predicted octanol–water partition coefficient (Wildman–Crippen LogP) is 1.96. The van der Waals surface area contributed by atoms with Crippen molar-refractivity contribution in [1.29, 1.82) is 0 Å². The van der Waals surface area contributed by atoms with Gasteiger partial charge in [-0.1, -0.05) is 0 Å². The minimum atomic E-state index is -5.42. The third kappa shape index (κ3) is 3.38. The highest BCUT2D eigenvalue weighted by Gasteiger charge is 2.47. The molecule has 1 aromatic rings. The van der Waals surface area contributed by atoms with Gasteiger partial charge in [-0.15, -0.1) is 0 Å². The molecule has 1 amide bonds. The molecule has 0 atom stereocenters. The number of benzene rings is 1. The Balaban J connectivity index is 1.70. The Hall–Kier alpha value is -1.65. The van der Waals surface area contributed by atoms with E-state index in [1.165, 1.54) is 0 Å². The molecule has 3 rings (SSSR count). The van der Waals surface area contributed by atoms with Crippen molar-refractivity contribution in [2.75, 3.05) is 26.3 Å². The van der Waals surface area contributed by atoms with Crippen molar-refractivity contribution in [3.05, 3.63) is 29.8 Å². The van der Waals surface area contributed by atoms with Crippen molar-refractivity contribution in [3.8, 4) is 0 Å². The number of hydrogen-bond acceptors (Lipinski definition) is 5. The Bertz CT molecular complexity index is 744. The summed E-state index contributed by atoms with van der Waals surface area (Å²) in [6.07, 6.45) is 1.03. The van der Waals surface area contributed by atoms with Crippen molar-refractivity contribution in [3.63, 3.8) is 0 Å². The van der Waals surface area contributed by atoms with E-state index in [4.69, 9.17) is 9.47 Å². The highest BCUT2D eigenvalue weighted by atomic mass is 32.2. The first kappa shape index (κ1) is 18.2. The lowest BCUT2D eigenvalue weighted by Crippen LogP contribution is -2.47. The zero-order valence-electron chi connectivity index (χ0n) is 13.1. The number of amides is 1. The zero-order valence-corrected chi connectivity index (χ0v) is 13.9. The van der Waals surface area contributed by atoms with E-state index in [0.717, 1.165) is 24.3 Å². The van der Waals surface area contributed by atoms with Gasteiger partial charge in [0.25, 0.3) is 15.7 Å². The van der Waals surface area contributed by atoms with Crippen molar-refractivity contribution in [2.24, 2.45) is 0 Å².